The van der Waals surface area contributed by atoms with Crippen molar-refractivity contribution in [3.8, 4) is 0 Å². The van der Waals surface area contributed by atoms with Crippen LogP contribution in [0.5, 0.6) is 0 Å². The molecule has 1 aromatic rings. The predicted octanol–water partition coefficient (Wildman–Crippen LogP) is 2.86. The van der Waals surface area contributed by atoms with E-state index in [4.69, 9.17) is 4.74 Å². The highest BCUT2D eigenvalue weighted by Crippen LogP contribution is 2.31. The summed E-state index contributed by atoms with van der Waals surface area (Å²) in [6.07, 6.45) is 1.06. The Balaban J connectivity index is 2.44. The van der Waals surface area contributed by atoms with Gasteiger partial charge in [-0.3, -0.25) is 4.79 Å². The predicted molar refractivity (Wildman–Crippen MR) is 54.2 cm³/mol. The van der Waals surface area contributed by atoms with Crippen LogP contribution in [-0.2, 0) is 4.74 Å². The molecule has 2 nitrogen and oxygen atoms in total. The number of ether oxygens (including phenoxy) is 1. The van der Waals surface area contributed by atoms with E-state index < -0.39 is 34.4 Å². The Morgan fingerprint density at radius 1 is 1.29 bits per heavy atom. The first-order valence-corrected chi connectivity index (χ1v) is 5.27. The summed E-state index contributed by atoms with van der Waals surface area (Å²) in [6.45, 7) is 1.87. The van der Waals surface area contributed by atoms with E-state index in [1.165, 1.54) is 6.92 Å². The molecular weight excluding hydrogens is 233 g/mol. The summed E-state index contributed by atoms with van der Waals surface area (Å²) in [5.74, 6) is -4.20. The summed E-state index contributed by atoms with van der Waals surface area (Å²) in [7, 11) is 0. The molecule has 1 unspecified atom stereocenters. The number of carbonyl (C=O) groups excluding carboxylic acids is 1. The normalized spacial score (nSPS) is 24.0. The molecule has 92 valence electrons. The van der Waals surface area contributed by atoms with Gasteiger partial charge in [0, 0.05) is 18.7 Å². The first-order valence-electron chi connectivity index (χ1n) is 5.27. The molecule has 1 aliphatic heterocycles. The van der Waals surface area contributed by atoms with E-state index in [1.807, 2.05) is 0 Å². The van der Waals surface area contributed by atoms with Crippen LogP contribution in [0, 0.1) is 17.5 Å². The van der Waals surface area contributed by atoms with Gasteiger partial charge in [-0.05, 0) is 19.8 Å². The van der Waals surface area contributed by atoms with E-state index >= 15 is 0 Å². The van der Waals surface area contributed by atoms with Crippen molar-refractivity contribution in [3.05, 3.63) is 35.1 Å². The highest BCUT2D eigenvalue weighted by Gasteiger charge is 2.40. The lowest BCUT2D eigenvalue weighted by Crippen LogP contribution is -2.35. The number of ketones is 1. The van der Waals surface area contributed by atoms with E-state index in [-0.39, 0.29) is 0 Å². The third-order valence-corrected chi connectivity index (χ3v) is 2.93. The Morgan fingerprint density at radius 2 is 1.88 bits per heavy atom. The zero-order valence-electron chi connectivity index (χ0n) is 9.23. The first kappa shape index (κ1) is 12.1. The average molecular weight is 244 g/mol. The van der Waals surface area contributed by atoms with E-state index in [9.17, 15) is 18.0 Å². The van der Waals surface area contributed by atoms with Crippen LogP contribution in [0.25, 0.3) is 0 Å². The molecule has 0 bridgehead atoms. The van der Waals surface area contributed by atoms with Crippen molar-refractivity contribution in [1.29, 1.82) is 0 Å². The minimum Gasteiger partial charge on any atom is -0.367 e. The van der Waals surface area contributed by atoms with Gasteiger partial charge in [-0.15, -0.1) is 0 Å². The molecule has 1 fully saturated rings. The van der Waals surface area contributed by atoms with Gasteiger partial charge in [0.1, 0.15) is 23.1 Å². The van der Waals surface area contributed by atoms with Gasteiger partial charge in [-0.2, -0.15) is 0 Å². The van der Waals surface area contributed by atoms with Crippen LogP contribution in [0.4, 0.5) is 13.2 Å². The number of Topliss-reactive ketones (excluding diaryl/α,β-unsaturated/α-hetero) is 1. The number of halogens is 3. The van der Waals surface area contributed by atoms with Crippen molar-refractivity contribution in [2.75, 3.05) is 6.61 Å². The van der Waals surface area contributed by atoms with Crippen LogP contribution in [0.15, 0.2) is 12.1 Å². The highest BCUT2D eigenvalue weighted by atomic mass is 19.1. The van der Waals surface area contributed by atoms with Crippen molar-refractivity contribution < 1.29 is 22.7 Å². The second-order valence-electron chi connectivity index (χ2n) is 4.26. The fourth-order valence-electron chi connectivity index (χ4n) is 1.98. The molecule has 1 aliphatic rings. The summed E-state index contributed by atoms with van der Waals surface area (Å²) >= 11 is 0. The molecule has 0 aromatic heterocycles. The van der Waals surface area contributed by atoms with Crippen molar-refractivity contribution in [2.24, 2.45) is 0 Å². The zero-order chi connectivity index (χ0) is 12.6. The van der Waals surface area contributed by atoms with Crippen LogP contribution >= 0.6 is 0 Å². The Bertz CT molecular complexity index is 442. The molecule has 1 atom stereocenters. The number of benzene rings is 1. The molecule has 1 heterocycles. The van der Waals surface area contributed by atoms with E-state index in [1.54, 1.807) is 0 Å². The molecule has 2 rings (SSSR count). The topological polar surface area (TPSA) is 26.3 Å². The molecule has 0 saturated carbocycles. The number of rotatable bonds is 2. The molecule has 1 saturated heterocycles. The minimum atomic E-state index is -1.21. The third kappa shape index (κ3) is 2.07. The average Bonchev–Trinajstić information content (AvgIpc) is 2.64. The summed E-state index contributed by atoms with van der Waals surface area (Å²) in [6, 6.07) is 0.989. The quantitative estimate of drug-likeness (QED) is 0.748. The van der Waals surface area contributed by atoms with Gasteiger partial charge < -0.3 is 4.74 Å². The van der Waals surface area contributed by atoms with Gasteiger partial charge in [0.2, 0.25) is 0 Å². The van der Waals surface area contributed by atoms with E-state index in [0.29, 0.717) is 31.6 Å². The standard InChI is InChI=1S/C12H11F3O2/c1-12(3-2-4-17-12)11(16)10-8(14)5-7(13)6-9(10)15/h5-6H,2-4H2,1H3. The van der Waals surface area contributed by atoms with Crippen LogP contribution in [0.2, 0.25) is 0 Å². The highest BCUT2D eigenvalue weighted by molar-refractivity contribution is 6.02. The molecule has 0 radical (unpaired) electrons. The van der Waals surface area contributed by atoms with Gasteiger partial charge >= 0.3 is 0 Å². The molecule has 1 aromatic carbocycles. The van der Waals surface area contributed by atoms with Gasteiger partial charge in [-0.1, -0.05) is 0 Å². The van der Waals surface area contributed by atoms with Gasteiger partial charge in [0.15, 0.2) is 5.78 Å². The Morgan fingerprint density at radius 3 is 2.35 bits per heavy atom. The van der Waals surface area contributed by atoms with Gasteiger partial charge in [0.05, 0.1) is 5.56 Å². The Labute approximate surface area is 96.4 Å². The maximum Gasteiger partial charge on any atom is 0.200 e. The third-order valence-electron chi connectivity index (χ3n) is 2.93. The molecule has 17 heavy (non-hydrogen) atoms. The second-order valence-corrected chi connectivity index (χ2v) is 4.26. The van der Waals surface area contributed by atoms with Crippen LogP contribution in [0.3, 0.4) is 0 Å². The summed E-state index contributed by atoms with van der Waals surface area (Å²) in [4.78, 5) is 12.0. The molecule has 0 spiro atoms. The number of hydrogen-bond acceptors (Lipinski definition) is 2. The zero-order valence-corrected chi connectivity index (χ0v) is 9.23. The molecule has 5 heteroatoms. The van der Waals surface area contributed by atoms with Crippen LogP contribution < -0.4 is 0 Å². The number of hydrogen-bond donors (Lipinski definition) is 0. The van der Waals surface area contributed by atoms with Crippen LogP contribution in [-0.4, -0.2) is 18.0 Å². The molecular formula is C12H11F3O2. The van der Waals surface area contributed by atoms with Crippen molar-refractivity contribution >= 4 is 5.78 Å². The minimum absolute atomic E-state index is 0.382. The lowest BCUT2D eigenvalue weighted by Gasteiger charge is -2.21. The molecule has 0 aliphatic carbocycles. The molecule has 0 N–H and O–H groups in total. The summed E-state index contributed by atoms with van der Waals surface area (Å²) < 4.78 is 44.8. The SMILES string of the molecule is CC1(C(=O)c2c(F)cc(F)cc2F)CCCO1. The van der Waals surface area contributed by atoms with Crippen molar-refractivity contribution in [2.45, 2.75) is 25.4 Å². The summed E-state index contributed by atoms with van der Waals surface area (Å²) in [5.41, 5.74) is -1.93. The fraction of sp³-hybridized carbons (Fsp3) is 0.417. The van der Waals surface area contributed by atoms with Gasteiger partial charge in [-0.25, -0.2) is 13.2 Å². The van der Waals surface area contributed by atoms with E-state index in [2.05, 4.69) is 0 Å². The summed E-state index contributed by atoms with van der Waals surface area (Å²) in [5, 5.41) is 0. The van der Waals surface area contributed by atoms with Gasteiger partial charge in [0.25, 0.3) is 0 Å². The lowest BCUT2D eigenvalue weighted by molar-refractivity contribution is 0.0206. The maximum absolute atomic E-state index is 13.4. The largest absolute Gasteiger partial charge is 0.367 e. The second kappa shape index (κ2) is 4.14. The Hall–Kier alpha value is -1.36. The molecule has 0 amide bonds. The fourth-order valence-corrected chi connectivity index (χ4v) is 1.98. The first-order chi connectivity index (χ1) is 7.94. The van der Waals surface area contributed by atoms with Crippen molar-refractivity contribution in [1.82, 2.24) is 0 Å². The lowest BCUT2D eigenvalue weighted by atomic mass is 9.91. The smallest absolute Gasteiger partial charge is 0.200 e. The van der Waals surface area contributed by atoms with Crippen LogP contribution in [0.1, 0.15) is 30.1 Å². The van der Waals surface area contributed by atoms with E-state index in [0.717, 1.165) is 0 Å². The van der Waals surface area contributed by atoms with Crippen molar-refractivity contribution in [3.63, 3.8) is 0 Å². The number of carbonyl (C=O) groups is 1. The Kier molecular flexibility index (Phi) is 2.95. The monoisotopic (exact) mass is 244 g/mol. The maximum atomic E-state index is 13.4.